The van der Waals surface area contributed by atoms with Gasteiger partial charge >= 0.3 is 0 Å². The van der Waals surface area contributed by atoms with Crippen molar-refractivity contribution in [3.63, 3.8) is 0 Å². The summed E-state index contributed by atoms with van der Waals surface area (Å²) in [7, 11) is 3.78. The first-order valence-corrected chi connectivity index (χ1v) is 9.56. The van der Waals surface area contributed by atoms with Gasteiger partial charge in [0.25, 0.3) is 0 Å². The lowest BCUT2D eigenvalue weighted by Crippen LogP contribution is -2.43. The fraction of sp³-hybridized carbons (Fsp3) is 0.455. The molecule has 2 rings (SSSR count). The third kappa shape index (κ3) is 6.05. The van der Waals surface area contributed by atoms with Crippen LogP contribution < -0.4 is 15.4 Å². The van der Waals surface area contributed by atoms with Crippen LogP contribution in [0.4, 0.5) is 0 Å². The maximum absolute atomic E-state index is 5.39. The Morgan fingerprint density at radius 2 is 2.04 bits per heavy atom. The van der Waals surface area contributed by atoms with Gasteiger partial charge in [0.15, 0.2) is 5.96 Å². The molecule has 1 aromatic carbocycles. The monoisotopic (exact) mass is 381 g/mol. The van der Waals surface area contributed by atoms with Crippen LogP contribution >= 0.6 is 0 Å². The minimum Gasteiger partial charge on any atom is -0.481 e. The number of guanidine groups is 1. The van der Waals surface area contributed by atoms with E-state index in [4.69, 9.17) is 11.2 Å². The van der Waals surface area contributed by atoms with Gasteiger partial charge in [-0.25, -0.2) is 0 Å². The van der Waals surface area contributed by atoms with Crippen LogP contribution in [-0.2, 0) is 19.9 Å². The number of rotatable bonds is 8. The summed E-state index contributed by atoms with van der Waals surface area (Å²) in [5.41, 5.74) is 4.82. The van der Waals surface area contributed by atoms with E-state index in [1.165, 1.54) is 16.8 Å². The molecule has 0 spiro atoms. The van der Waals surface area contributed by atoms with E-state index in [1.807, 2.05) is 23.9 Å². The highest BCUT2D eigenvalue weighted by molar-refractivity contribution is 5.79. The van der Waals surface area contributed by atoms with E-state index in [9.17, 15) is 0 Å². The zero-order valence-electron chi connectivity index (χ0n) is 17.5. The maximum atomic E-state index is 5.39. The molecule has 0 aliphatic carbocycles. The molecule has 0 saturated carbocycles. The first-order chi connectivity index (χ1) is 13.4. The van der Waals surface area contributed by atoms with Crippen LogP contribution in [0.5, 0.6) is 5.75 Å². The van der Waals surface area contributed by atoms with Gasteiger partial charge in [0.2, 0.25) is 0 Å². The second-order valence-corrected chi connectivity index (χ2v) is 6.91. The molecule has 0 aliphatic rings. The number of aliphatic imine (C=N–C) groups is 1. The van der Waals surface area contributed by atoms with Crippen molar-refractivity contribution in [2.75, 3.05) is 20.2 Å². The summed E-state index contributed by atoms with van der Waals surface area (Å²) >= 11 is 0. The number of nitrogens with zero attached hydrogens (tertiary/aromatic N) is 3. The summed E-state index contributed by atoms with van der Waals surface area (Å²) in [5.74, 6) is 4.06. The highest BCUT2D eigenvalue weighted by Crippen LogP contribution is 2.14. The highest BCUT2D eigenvalue weighted by Gasteiger charge is 2.13. The summed E-state index contributed by atoms with van der Waals surface area (Å²) in [5, 5.41) is 11.3. The molecule has 0 bridgehead atoms. The Morgan fingerprint density at radius 1 is 1.32 bits per heavy atom. The van der Waals surface area contributed by atoms with Crippen LogP contribution in [0.1, 0.15) is 29.4 Å². The van der Waals surface area contributed by atoms with Gasteiger partial charge in [0.1, 0.15) is 12.4 Å². The van der Waals surface area contributed by atoms with Gasteiger partial charge in [0.05, 0.1) is 5.69 Å². The molecule has 6 heteroatoms. The zero-order chi connectivity index (χ0) is 20.5. The van der Waals surface area contributed by atoms with Crippen LogP contribution in [0, 0.1) is 26.2 Å². The standard InChI is InChI=1S/C22H31N5O/c1-7-14-28-20-10-8-19(9-11-20)12-13-24-22(23-5)25-16(2)15-21-17(3)26-27(6)18(21)4/h1,8-11,16H,12-15H2,2-6H3,(H2,23,24,25). The minimum absolute atomic E-state index is 0.250. The number of benzene rings is 1. The average molecular weight is 382 g/mol. The average Bonchev–Trinajstić information content (AvgIpc) is 2.92. The Kier molecular flexibility index (Phi) is 7.94. The first-order valence-electron chi connectivity index (χ1n) is 9.56. The molecule has 0 amide bonds. The smallest absolute Gasteiger partial charge is 0.191 e. The van der Waals surface area contributed by atoms with Gasteiger partial charge in [-0.1, -0.05) is 18.1 Å². The van der Waals surface area contributed by atoms with Crippen LogP contribution in [0.3, 0.4) is 0 Å². The van der Waals surface area contributed by atoms with E-state index in [-0.39, 0.29) is 6.04 Å². The molecule has 28 heavy (non-hydrogen) atoms. The molecule has 1 aromatic heterocycles. The van der Waals surface area contributed by atoms with Crippen molar-refractivity contribution in [1.82, 2.24) is 20.4 Å². The van der Waals surface area contributed by atoms with E-state index in [1.54, 1.807) is 7.05 Å². The van der Waals surface area contributed by atoms with Crippen molar-refractivity contribution >= 4 is 5.96 Å². The summed E-state index contributed by atoms with van der Waals surface area (Å²) < 4.78 is 7.33. The second kappa shape index (κ2) is 10.4. The van der Waals surface area contributed by atoms with Crippen molar-refractivity contribution in [2.24, 2.45) is 12.0 Å². The molecule has 1 unspecified atom stereocenters. The molecule has 0 saturated heterocycles. The Hall–Kier alpha value is -2.94. The maximum Gasteiger partial charge on any atom is 0.191 e. The molecular formula is C22H31N5O. The van der Waals surface area contributed by atoms with Crippen molar-refractivity contribution in [3.05, 3.63) is 46.8 Å². The predicted octanol–water partition coefficient (Wildman–Crippen LogP) is 2.39. The Labute approximate surface area is 168 Å². The Bertz CT molecular complexity index is 830. The molecule has 6 nitrogen and oxygen atoms in total. The lowest BCUT2D eigenvalue weighted by molar-refractivity contribution is 0.370. The Morgan fingerprint density at radius 3 is 2.61 bits per heavy atom. The molecule has 1 heterocycles. The van der Waals surface area contributed by atoms with Crippen LogP contribution in [0.25, 0.3) is 0 Å². The van der Waals surface area contributed by atoms with Crippen molar-refractivity contribution in [2.45, 2.75) is 39.7 Å². The molecule has 150 valence electrons. The number of ether oxygens (including phenoxy) is 1. The third-order valence-corrected chi connectivity index (χ3v) is 4.73. The number of aromatic nitrogens is 2. The minimum atomic E-state index is 0.250. The van der Waals surface area contributed by atoms with Crippen LogP contribution in [-0.4, -0.2) is 42.0 Å². The fourth-order valence-electron chi connectivity index (χ4n) is 3.10. The number of nitrogens with one attached hydrogen (secondary N) is 2. The molecular weight excluding hydrogens is 350 g/mol. The van der Waals surface area contributed by atoms with Gasteiger partial charge in [-0.3, -0.25) is 9.67 Å². The molecule has 2 N–H and O–H groups in total. The number of hydrogen-bond donors (Lipinski definition) is 2. The first kappa shape index (κ1) is 21.4. The number of terminal acetylenes is 1. The van der Waals surface area contributed by atoms with Gasteiger partial charge in [0, 0.05) is 32.4 Å². The third-order valence-electron chi connectivity index (χ3n) is 4.73. The number of aryl methyl sites for hydroxylation is 2. The molecule has 0 aliphatic heterocycles. The normalized spacial score (nSPS) is 12.4. The summed E-state index contributed by atoms with van der Waals surface area (Å²) in [6, 6.07) is 8.25. The topological polar surface area (TPSA) is 63.5 Å². The van der Waals surface area contributed by atoms with Gasteiger partial charge in [-0.05, 0) is 56.9 Å². The van der Waals surface area contributed by atoms with E-state index in [0.29, 0.717) is 6.61 Å². The Balaban J connectivity index is 1.80. The quantitative estimate of drug-likeness (QED) is 0.419. The SMILES string of the molecule is C#CCOc1ccc(CCNC(=NC)NC(C)Cc2c(C)nn(C)c2C)cc1. The van der Waals surface area contributed by atoms with Gasteiger partial charge in [-0.2, -0.15) is 5.10 Å². The van der Waals surface area contributed by atoms with Crippen molar-refractivity contribution in [3.8, 4) is 18.1 Å². The van der Waals surface area contributed by atoms with Crippen molar-refractivity contribution in [1.29, 1.82) is 0 Å². The zero-order valence-corrected chi connectivity index (χ0v) is 17.5. The lowest BCUT2D eigenvalue weighted by Gasteiger charge is -2.18. The van der Waals surface area contributed by atoms with Crippen LogP contribution in [0.15, 0.2) is 29.3 Å². The highest BCUT2D eigenvalue weighted by atomic mass is 16.5. The van der Waals surface area contributed by atoms with Crippen molar-refractivity contribution < 1.29 is 4.74 Å². The van der Waals surface area contributed by atoms with E-state index in [0.717, 1.165) is 36.8 Å². The van der Waals surface area contributed by atoms with Gasteiger partial charge < -0.3 is 15.4 Å². The van der Waals surface area contributed by atoms with E-state index >= 15 is 0 Å². The van der Waals surface area contributed by atoms with E-state index in [2.05, 4.69) is 59.5 Å². The molecule has 1 atom stereocenters. The van der Waals surface area contributed by atoms with Gasteiger partial charge in [-0.15, -0.1) is 6.42 Å². The largest absolute Gasteiger partial charge is 0.481 e. The molecule has 2 aromatic rings. The summed E-state index contributed by atoms with van der Waals surface area (Å²) in [6.45, 7) is 7.41. The molecule has 0 radical (unpaired) electrons. The lowest BCUT2D eigenvalue weighted by atomic mass is 10.1. The summed E-state index contributed by atoms with van der Waals surface area (Å²) in [4.78, 5) is 4.33. The van der Waals surface area contributed by atoms with E-state index < -0.39 is 0 Å². The fourth-order valence-corrected chi connectivity index (χ4v) is 3.10. The molecule has 0 fully saturated rings. The second-order valence-electron chi connectivity index (χ2n) is 6.91. The summed E-state index contributed by atoms with van der Waals surface area (Å²) in [6.07, 6.45) is 7.00. The van der Waals surface area contributed by atoms with Crippen LogP contribution in [0.2, 0.25) is 0 Å². The number of hydrogen-bond acceptors (Lipinski definition) is 3. The predicted molar refractivity (Wildman–Crippen MR) is 115 cm³/mol.